The van der Waals surface area contributed by atoms with Gasteiger partial charge in [0.1, 0.15) is 12.2 Å². The Kier molecular flexibility index (Phi) is 4.18. The van der Waals surface area contributed by atoms with E-state index in [1.807, 2.05) is 6.33 Å². The normalized spacial score (nSPS) is 36.3. The average Bonchev–Trinajstić information content (AvgIpc) is 3.27. The molecule has 4 rings (SSSR count). The first-order valence-corrected chi connectivity index (χ1v) is 9.47. The van der Waals surface area contributed by atoms with Gasteiger partial charge < -0.3 is 9.67 Å². The van der Waals surface area contributed by atoms with Gasteiger partial charge in [0.15, 0.2) is 0 Å². The lowest BCUT2D eigenvalue weighted by atomic mass is 9.79. The molecule has 1 aliphatic heterocycles. The van der Waals surface area contributed by atoms with E-state index in [0.717, 1.165) is 38.4 Å². The second kappa shape index (κ2) is 6.17. The summed E-state index contributed by atoms with van der Waals surface area (Å²) in [5, 5.41) is 19.5. The lowest BCUT2D eigenvalue weighted by Crippen LogP contribution is -2.48. The van der Waals surface area contributed by atoms with Gasteiger partial charge in [0.25, 0.3) is 0 Å². The highest BCUT2D eigenvalue weighted by molar-refractivity contribution is 5.04. The third-order valence-electron chi connectivity index (χ3n) is 6.13. The maximum atomic E-state index is 10.9. The molecule has 3 aliphatic rings. The molecule has 2 aliphatic carbocycles. The molecule has 1 aromatic rings. The van der Waals surface area contributed by atoms with Crippen LogP contribution in [0.5, 0.6) is 0 Å². The van der Waals surface area contributed by atoms with Gasteiger partial charge in [-0.3, -0.25) is 4.90 Å². The quantitative estimate of drug-likeness (QED) is 0.927. The van der Waals surface area contributed by atoms with Crippen molar-refractivity contribution in [1.82, 2.24) is 19.7 Å². The maximum absolute atomic E-state index is 10.9. The van der Waals surface area contributed by atoms with Crippen LogP contribution in [-0.4, -0.2) is 50.0 Å². The van der Waals surface area contributed by atoms with E-state index in [0.29, 0.717) is 12.0 Å². The van der Waals surface area contributed by atoms with Crippen molar-refractivity contribution in [3.63, 3.8) is 0 Å². The monoisotopic (exact) mass is 318 g/mol. The van der Waals surface area contributed by atoms with Crippen LogP contribution in [0.15, 0.2) is 6.33 Å². The van der Waals surface area contributed by atoms with Crippen molar-refractivity contribution in [2.24, 2.45) is 5.92 Å². The first-order chi connectivity index (χ1) is 11.1. The molecular formula is C18H30N4O. The summed E-state index contributed by atoms with van der Waals surface area (Å²) < 4.78 is 2.31. The zero-order valence-electron chi connectivity index (χ0n) is 14.3. The molecule has 5 nitrogen and oxygen atoms in total. The number of piperidine rings is 1. The number of nitrogens with zero attached hydrogens (tertiary/aromatic N) is 4. The van der Waals surface area contributed by atoms with E-state index in [-0.39, 0.29) is 0 Å². The molecule has 1 atom stereocenters. The fourth-order valence-corrected chi connectivity index (χ4v) is 4.46. The predicted molar refractivity (Wildman–Crippen MR) is 89.3 cm³/mol. The first kappa shape index (κ1) is 15.6. The summed E-state index contributed by atoms with van der Waals surface area (Å²) in [4.78, 5) is 2.48. The molecule has 128 valence electrons. The molecule has 1 N–H and O–H groups in total. The summed E-state index contributed by atoms with van der Waals surface area (Å²) in [6, 6.07) is 0.652. The minimum Gasteiger partial charge on any atom is -0.389 e. The second-order valence-electron chi connectivity index (χ2n) is 8.31. The van der Waals surface area contributed by atoms with E-state index in [2.05, 4.69) is 26.6 Å². The molecule has 0 bridgehead atoms. The highest BCUT2D eigenvalue weighted by atomic mass is 16.3. The minimum absolute atomic E-state index is 0.460. The highest BCUT2D eigenvalue weighted by Gasteiger charge is 2.36. The predicted octanol–water partition coefficient (Wildman–Crippen LogP) is 2.73. The van der Waals surface area contributed by atoms with Gasteiger partial charge in [-0.1, -0.05) is 6.92 Å². The van der Waals surface area contributed by atoms with Crippen LogP contribution in [-0.2, 0) is 0 Å². The number of hydrogen-bond acceptors (Lipinski definition) is 4. The third-order valence-corrected chi connectivity index (χ3v) is 6.13. The van der Waals surface area contributed by atoms with Crippen LogP contribution < -0.4 is 0 Å². The molecule has 3 fully saturated rings. The van der Waals surface area contributed by atoms with Gasteiger partial charge in [0.2, 0.25) is 0 Å². The minimum atomic E-state index is -0.460. The molecule has 23 heavy (non-hydrogen) atoms. The lowest BCUT2D eigenvalue weighted by molar-refractivity contribution is -0.0400. The van der Waals surface area contributed by atoms with Gasteiger partial charge in [-0.15, -0.1) is 10.2 Å². The third kappa shape index (κ3) is 3.45. The van der Waals surface area contributed by atoms with E-state index in [9.17, 15) is 5.11 Å². The van der Waals surface area contributed by atoms with Gasteiger partial charge in [0.05, 0.1) is 5.60 Å². The summed E-state index contributed by atoms with van der Waals surface area (Å²) in [5.74, 6) is 2.45. The van der Waals surface area contributed by atoms with Crippen molar-refractivity contribution in [2.75, 3.05) is 19.6 Å². The molecule has 5 heteroatoms. The maximum Gasteiger partial charge on any atom is 0.137 e. The van der Waals surface area contributed by atoms with Crippen LogP contribution in [0.3, 0.4) is 0 Å². The van der Waals surface area contributed by atoms with E-state index < -0.39 is 5.60 Å². The zero-order chi connectivity index (χ0) is 15.9. The Bertz CT molecular complexity index is 531. The van der Waals surface area contributed by atoms with Gasteiger partial charge >= 0.3 is 0 Å². The number of rotatable bonds is 4. The summed E-state index contributed by atoms with van der Waals surface area (Å²) in [7, 11) is 0. The standard InChI is InChI=1S/C18H30N4O/c1-14-6-8-18(23,9-7-14)12-21-10-2-3-15(11-21)17-20-19-13-22(17)16-4-5-16/h13-16,23H,2-12H2,1H3/t14?,15-,18?/m0/s1. The van der Waals surface area contributed by atoms with Crippen molar-refractivity contribution in [2.45, 2.75) is 75.9 Å². The molecule has 0 aromatic carbocycles. The Morgan fingerprint density at radius 1 is 1.22 bits per heavy atom. The molecule has 1 aromatic heterocycles. The molecule has 1 saturated heterocycles. The van der Waals surface area contributed by atoms with Crippen LogP contribution in [0.1, 0.15) is 76.1 Å². The second-order valence-corrected chi connectivity index (χ2v) is 8.31. The van der Waals surface area contributed by atoms with Gasteiger partial charge in [-0.25, -0.2) is 0 Å². The fraction of sp³-hybridized carbons (Fsp3) is 0.889. The van der Waals surface area contributed by atoms with Crippen molar-refractivity contribution < 1.29 is 5.11 Å². The summed E-state index contributed by atoms with van der Waals surface area (Å²) in [6.07, 6.45) is 11.2. The molecule has 0 unspecified atom stereocenters. The SMILES string of the molecule is CC1CCC(O)(CN2CCC[C@H](c3nncn3C3CC3)C2)CC1. The average molecular weight is 318 g/mol. The largest absolute Gasteiger partial charge is 0.389 e. The molecule has 0 radical (unpaired) electrons. The van der Waals surface area contributed by atoms with Crippen molar-refractivity contribution in [3.8, 4) is 0 Å². The summed E-state index contributed by atoms with van der Waals surface area (Å²) in [5.41, 5.74) is -0.460. The Morgan fingerprint density at radius 3 is 2.74 bits per heavy atom. The Labute approximate surface area is 139 Å². The highest BCUT2D eigenvalue weighted by Crippen LogP contribution is 2.38. The summed E-state index contributed by atoms with van der Waals surface area (Å²) in [6.45, 7) is 5.30. The lowest BCUT2D eigenvalue weighted by Gasteiger charge is -2.41. The van der Waals surface area contributed by atoms with Crippen molar-refractivity contribution >= 4 is 0 Å². The fourth-order valence-electron chi connectivity index (χ4n) is 4.46. The van der Waals surface area contributed by atoms with Crippen LogP contribution in [0.4, 0.5) is 0 Å². The number of aliphatic hydroxyl groups is 1. The molecule has 2 saturated carbocycles. The van der Waals surface area contributed by atoms with Crippen LogP contribution in [0, 0.1) is 5.92 Å². The smallest absolute Gasteiger partial charge is 0.137 e. The zero-order valence-corrected chi connectivity index (χ0v) is 14.3. The number of hydrogen-bond donors (Lipinski definition) is 1. The van der Waals surface area contributed by atoms with Crippen molar-refractivity contribution in [1.29, 1.82) is 0 Å². The van der Waals surface area contributed by atoms with Crippen LogP contribution >= 0.6 is 0 Å². The van der Waals surface area contributed by atoms with Gasteiger partial charge in [0, 0.05) is 25.0 Å². The van der Waals surface area contributed by atoms with Crippen LogP contribution in [0.2, 0.25) is 0 Å². The van der Waals surface area contributed by atoms with Gasteiger partial charge in [-0.05, 0) is 63.8 Å². The van der Waals surface area contributed by atoms with E-state index in [4.69, 9.17) is 0 Å². The van der Waals surface area contributed by atoms with E-state index >= 15 is 0 Å². The van der Waals surface area contributed by atoms with E-state index in [1.165, 1.54) is 44.3 Å². The number of β-amino-alcohol motifs (C(OH)–C–C–N with tert-alkyl or cyclic N) is 1. The molecule has 0 amide bonds. The number of likely N-dealkylation sites (tertiary alicyclic amines) is 1. The molecular weight excluding hydrogens is 288 g/mol. The first-order valence-electron chi connectivity index (χ1n) is 9.47. The summed E-state index contributed by atoms with van der Waals surface area (Å²) >= 11 is 0. The molecule has 0 spiro atoms. The van der Waals surface area contributed by atoms with E-state index in [1.54, 1.807) is 0 Å². The molecule has 2 heterocycles. The number of aromatic nitrogens is 3. The van der Waals surface area contributed by atoms with Crippen LogP contribution in [0.25, 0.3) is 0 Å². The Morgan fingerprint density at radius 2 is 2.00 bits per heavy atom. The Hall–Kier alpha value is -0.940. The van der Waals surface area contributed by atoms with Crippen molar-refractivity contribution in [3.05, 3.63) is 12.2 Å². The van der Waals surface area contributed by atoms with Gasteiger partial charge in [-0.2, -0.15) is 0 Å². The topological polar surface area (TPSA) is 54.2 Å². The Balaban J connectivity index is 1.40.